The molecular weight excluding hydrogens is 182 g/mol. The van der Waals surface area contributed by atoms with Crippen LogP contribution < -0.4 is 5.73 Å². The minimum absolute atomic E-state index is 0. The zero-order chi connectivity index (χ0) is 8.39. The first-order valence-electron chi connectivity index (χ1n) is 4.08. The molecule has 0 amide bonds. The highest BCUT2D eigenvalue weighted by Gasteiger charge is 1.92. The van der Waals surface area contributed by atoms with Crippen LogP contribution in [0.5, 0.6) is 0 Å². The summed E-state index contributed by atoms with van der Waals surface area (Å²) in [4.78, 5) is 0. The van der Waals surface area contributed by atoms with E-state index in [1.807, 2.05) is 12.1 Å². The molecule has 0 heterocycles. The van der Waals surface area contributed by atoms with Gasteiger partial charge in [-0.2, -0.15) is 0 Å². The van der Waals surface area contributed by atoms with Crippen LogP contribution in [0.15, 0.2) is 42.5 Å². The minimum Gasteiger partial charge on any atom is -0.326 e. The van der Waals surface area contributed by atoms with Gasteiger partial charge in [-0.25, -0.2) is 0 Å². The Bertz CT molecular complexity index is 398. The van der Waals surface area contributed by atoms with Gasteiger partial charge in [0, 0.05) is 6.54 Å². The van der Waals surface area contributed by atoms with Crippen LogP contribution in [0.25, 0.3) is 10.8 Å². The predicted molar refractivity (Wildman–Crippen MR) is 59.1 cm³/mol. The van der Waals surface area contributed by atoms with Crippen LogP contribution in [0.1, 0.15) is 5.56 Å². The van der Waals surface area contributed by atoms with Gasteiger partial charge in [-0.3, -0.25) is 0 Å². The number of rotatable bonds is 1. The monoisotopic (exact) mass is 193 g/mol. The Morgan fingerprint density at radius 3 is 2.31 bits per heavy atom. The minimum atomic E-state index is 0. The van der Waals surface area contributed by atoms with E-state index in [-0.39, 0.29) is 12.4 Å². The normalized spacial score (nSPS) is 9.62. The molecular formula is C11H12ClN. The van der Waals surface area contributed by atoms with Gasteiger partial charge >= 0.3 is 0 Å². The molecule has 0 unspecified atom stereocenters. The van der Waals surface area contributed by atoms with Crippen molar-refractivity contribution in [3.05, 3.63) is 48.0 Å². The van der Waals surface area contributed by atoms with E-state index in [0.717, 1.165) is 0 Å². The molecule has 2 aromatic rings. The molecule has 2 N–H and O–H groups in total. The lowest BCUT2D eigenvalue weighted by molar-refractivity contribution is 1.08. The van der Waals surface area contributed by atoms with Crippen molar-refractivity contribution in [2.24, 2.45) is 5.73 Å². The Kier molecular flexibility index (Phi) is 3.29. The first-order valence-corrected chi connectivity index (χ1v) is 4.08. The van der Waals surface area contributed by atoms with Crippen LogP contribution in [0.2, 0.25) is 0 Å². The van der Waals surface area contributed by atoms with Crippen LogP contribution in [0, 0.1) is 0 Å². The summed E-state index contributed by atoms with van der Waals surface area (Å²) in [6.07, 6.45) is 0. The van der Waals surface area contributed by atoms with Gasteiger partial charge in [0.05, 0.1) is 0 Å². The van der Waals surface area contributed by atoms with Crippen LogP contribution in [-0.2, 0) is 6.54 Å². The number of benzene rings is 2. The summed E-state index contributed by atoms with van der Waals surface area (Å²) in [5.74, 6) is 0. The van der Waals surface area contributed by atoms with E-state index < -0.39 is 0 Å². The summed E-state index contributed by atoms with van der Waals surface area (Å²) in [6, 6.07) is 14.6. The average Bonchev–Trinajstić information content (AvgIpc) is 2.17. The van der Waals surface area contributed by atoms with E-state index >= 15 is 0 Å². The molecule has 0 atom stereocenters. The molecule has 0 aromatic heterocycles. The van der Waals surface area contributed by atoms with Gasteiger partial charge in [0.15, 0.2) is 0 Å². The third-order valence-electron chi connectivity index (χ3n) is 2.05. The van der Waals surface area contributed by atoms with Gasteiger partial charge < -0.3 is 5.73 Å². The standard InChI is InChI=1S/C11H11N.ClH/c12-8-9-5-6-10-3-1-2-4-11(10)7-9;/h1-7H,8,12H2;1H. The van der Waals surface area contributed by atoms with Gasteiger partial charge in [0.25, 0.3) is 0 Å². The molecule has 0 saturated carbocycles. The summed E-state index contributed by atoms with van der Waals surface area (Å²) in [6.45, 7) is 0.616. The average molecular weight is 194 g/mol. The number of halogens is 1. The third-order valence-corrected chi connectivity index (χ3v) is 2.05. The smallest absolute Gasteiger partial charge is 0.0178 e. The van der Waals surface area contributed by atoms with Gasteiger partial charge in [-0.1, -0.05) is 36.4 Å². The van der Waals surface area contributed by atoms with Crippen molar-refractivity contribution in [1.82, 2.24) is 0 Å². The lowest BCUT2D eigenvalue weighted by Gasteiger charge is -1.99. The Balaban J connectivity index is 0.000000845. The lowest BCUT2D eigenvalue weighted by Crippen LogP contribution is -1.95. The fourth-order valence-electron chi connectivity index (χ4n) is 1.37. The second-order valence-corrected chi connectivity index (χ2v) is 2.89. The van der Waals surface area contributed by atoms with Crippen molar-refractivity contribution in [2.45, 2.75) is 6.54 Å². The molecule has 2 aromatic carbocycles. The van der Waals surface area contributed by atoms with E-state index in [1.54, 1.807) is 0 Å². The summed E-state index contributed by atoms with van der Waals surface area (Å²) < 4.78 is 0. The van der Waals surface area contributed by atoms with E-state index in [4.69, 9.17) is 5.73 Å². The topological polar surface area (TPSA) is 26.0 Å². The van der Waals surface area contributed by atoms with Crippen molar-refractivity contribution >= 4 is 23.2 Å². The predicted octanol–water partition coefficient (Wildman–Crippen LogP) is 2.72. The molecule has 1 nitrogen and oxygen atoms in total. The van der Waals surface area contributed by atoms with Gasteiger partial charge in [-0.05, 0) is 22.4 Å². The first-order chi connectivity index (χ1) is 5.90. The van der Waals surface area contributed by atoms with Crippen molar-refractivity contribution in [2.75, 3.05) is 0 Å². The molecule has 2 rings (SSSR count). The quantitative estimate of drug-likeness (QED) is 0.741. The fourth-order valence-corrected chi connectivity index (χ4v) is 1.37. The Morgan fingerprint density at radius 1 is 0.923 bits per heavy atom. The summed E-state index contributed by atoms with van der Waals surface area (Å²) in [7, 11) is 0. The molecule has 68 valence electrons. The Hall–Kier alpha value is -1.05. The maximum absolute atomic E-state index is 5.54. The largest absolute Gasteiger partial charge is 0.326 e. The van der Waals surface area contributed by atoms with E-state index in [1.165, 1.54) is 16.3 Å². The van der Waals surface area contributed by atoms with Crippen LogP contribution in [0.4, 0.5) is 0 Å². The van der Waals surface area contributed by atoms with Crippen molar-refractivity contribution < 1.29 is 0 Å². The first kappa shape index (κ1) is 10.0. The second-order valence-electron chi connectivity index (χ2n) is 2.89. The molecule has 0 radical (unpaired) electrons. The Labute approximate surface area is 84.0 Å². The molecule has 0 aliphatic rings. The molecule has 2 heteroatoms. The molecule has 0 spiro atoms. The molecule has 0 bridgehead atoms. The number of nitrogens with two attached hydrogens (primary N) is 1. The van der Waals surface area contributed by atoms with E-state index in [9.17, 15) is 0 Å². The number of hydrogen-bond donors (Lipinski definition) is 1. The summed E-state index contributed by atoms with van der Waals surface area (Å²) in [5, 5.41) is 2.54. The highest BCUT2D eigenvalue weighted by Crippen LogP contribution is 2.14. The molecule has 13 heavy (non-hydrogen) atoms. The van der Waals surface area contributed by atoms with Gasteiger partial charge in [0.1, 0.15) is 0 Å². The SMILES string of the molecule is Cl.NCc1ccc2ccccc2c1. The highest BCUT2D eigenvalue weighted by molar-refractivity contribution is 5.85. The van der Waals surface area contributed by atoms with Crippen molar-refractivity contribution in [3.8, 4) is 0 Å². The van der Waals surface area contributed by atoms with Gasteiger partial charge in [-0.15, -0.1) is 12.4 Å². The summed E-state index contributed by atoms with van der Waals surface area (Å²) in [5.41, 5.74) is 6.73. The molecule has 0 aliphatic carbocycles. The maximum atomic E-state index is 5.54. The zero-order valence-corrected chi connectivity index (χ0v) is 8.05. The number of hydrogen-bond acceptors (Lipinski definition) is 1. The van der Waals surface area contributed by atoms with E-state index in [0.29, 0.717) is 6.54 Å². The molecule has 0 saturated heterocycles. The van der Waals surface area contributed by atoms with Crippen molar-refractivity contribution in [1.29, 1.82) is 0 Å². The van der Waals surface area contributed by atoms with Gasteiger partial charge in [0.2, 0.25) is 0 Å². The number of fused-ring (bicyclic) bond motifs is 1. The molecule has 0 aliphatic heterocycles. The maximum Gasteiger partial charge on any atom is 0.0178 e. The highest BCUT2D eigenvalue weighted by atomic mass is 35.5. The van der Waals surface area contributed by atoms with Crippen LogP contribution in [0.3, 0.4) is 0 Å². The van der Waals surface area contributed by atoms with Crippen molar-refractivity contribution in [3.63, 3.8) is 0 Å². The Morgan fingerprint density at radius 2 is 1.62 bits per heavy atom. The van der Waals surface area contributed by atoms with E-state index in [2.05, 4.69) is 30.3 Å². The zero-order valence-electron chi connectivity index (χ0n) is 7.23. The summed E-state index contributed by atoms with van der Waals surface area (Å²) >= 11 is 0. The molecule has 0 fully saturated rings. The second kappa shape index (κ2) is 4.26. The lowest BCUT2D eigenvalue weighted by atomic mass is 10.1. The fraction of sp³-hybridized carbons (Fsp3) is 0.0909. The van der Waals surface area contributed by atoms with Crippen LogP contribution >= 0.6 is 12.4 Å². The third kappa shape index (κ3) is 2.00. The van der Waals surface area contributed by atoms with Crippen LogP contribution in [-0.4, -0.2) is 0 Å².